The van der Waals surface area contributed by atoms with Crippen LogP contribution in [0.5, 0.6) is 0 Å². The number of rotatable bonds is 5. The minimum absolute atomic E-state index is 0.350. The zero-order valence-electron chi connectivity index (χ0n) is 15.9. The summed E-state index contributed by atoms with van der Waals surface area (Å²) in [6.07, 6.45) is 2.12. The molecule has 0 aliphatic rings. The van der Waals surface area contributed by atoms with Gasteiger partial charge < -0.3 is 10.1 Å². The van der Waals surface area contributed by atoms with Crippen LogP contribution in [0.2, 0.25) is 0 Å². The molecule has 0 bridgehead atoms. The number of carbonyl (C=O) groups is 2. The van der Waals surface area contributed by atoms with Crippen molar-refractivity contribution in [1.82, 2.24) is 0 Å². The topological polar surface area (TPSA) is 55.4 Å². The van der Waals surface area contributed by atoms with Gasteiger partial charge in [-0.3, -0.25) is 4.79 Å². The maximum Gasteiger partial charge on any atom is 0.331 e. The summed E-state index contributed by atoms with van der Waals surface area (Å²) in [5.74, 6) is -0.899. The zero-order valence-corrected chi connectivity index (χ0v) is 15.9. The Kier molecular flexibility index (Phi) is 6.34. The summed E-state index contributed by atoms with van der Waals surface area (Å²) in [4.78, 5) is 24.3. The molecule has 0 saturated carbocycles. The van der Waals surface area contributed by atoms with Gasteiger partial charge in [-0.05, 0) is 57.4 Å². The van der Waals surface area contributed by atoms with Crippen molar-refractivity contribution in [2.24, 2.45) is 0 Å². The second kappa shape index (κ2) is 8.48. The smallest absolute Gasteiger partial charge is 0.331 e. The van der Waals surface area contributed by atoms with Gasteiger partial charge >= 0.3 is 5.97 Å². The number of aryl methyl sites for hydroxylation is 4. The number of nitrogens with one attached hydrogen (secondary N) is 1. The molecule has 26 heavy (non-hydrogen) atoms. The quantitative estimate of drug-likeness (QED) is 0.637. The lowest BCUT2D eigenvalue weighted by molar-refractivity contribution is -0.148. The normalized spacial score (nSPS) is 12.0. The molecule has 0 unspecified atom stereocenters. The van der Waals surface area contributed by atoms with Gasteiger partial charge in [0.15, 0.2) is 6.10 Å². The first-order valence-electron chi connectivity index (χ1n) is 8.60. The summed E-state index contributed by atoms with van der Waals surface area (Å²) in [7, 11) is 0. The molecule has 0 spiro atoms. The van der Waals surface area contributed by atoms with Crippen LogP contribution < -0.4 is 5.32 Å². The van der Waals surface area contributed by atoms with Gasteiger partial charge in [-0.2, -0.15) is 0 Å². The monoisotopic (exact) mass is 351 g/mol. The Balaban J connectivity index is 1.97. The third-order valence-corrected chi connectivity index (χ3v) is 4.04. The number of benzene rings is 2. The molecule has 0 saturated heterocycles. The van der Waals surface area contributed by atoms with Crippen molar-refractivity contribution < 1.29 is 14.3 Å². The van der Waals surface area contributed by atoms with Crippen LogP contribution in [0.4, 0.5) is 5.69 Å². The molecule has 1 amide bonds. The van der Waals surface area contributed by atoms with E-state index in [4.69, 9.17) is 4.74 Å². The van der Waals surface area contributed by atoms with E-state index in [0.717, 1.165) is 33.5 Å². The predicted octanol–water partition coefficient (Wildman–Crippen LogP) is 4.50. The summed E-state index contributed by atoms with van der Waals surface area (Å²) < 4.78 is 5.20. The van der Waals surface area contributed by atoms with E-state index in [1.807, 2.05) is 64.1 Å². The molecule has 0 radical (unpaired) electrons. The van der Waals surface area contributed by atoms with Crippen molar-refractivity contribution in [3.8, 4) is 0 Å². The van der Waals surface area contributed by atoms with Gasteiger partial charge in [0.1, 0.15) is 0 Å². The molecule has 0 heterocycles. The Morgan fingerprint density at radius 3 is 2.27 bits per heavy atom. The van der Waals surface area contributed by atoms with Crippen molar-refractivity contribution in [2.45, 2.75) is 40.7 Å². The van der Waals surface area contributed by atoms with Crippen molar-refractivity contribution in [3.05, 3.63) is 70.3 Å². The molecule has 2 rings (SSSR count). The van der Waals surface area contributed by atoms with Crippen molar-refractivity contribution >= 4 is 23.6 Å². The first-order valence-corrected chi connectivity index (χ1v) is 8.60. The van der Waals surface area contributed by atoms with Crippen LogP contribution in [-0.4, -0.2) is 18.0 Å². The van der Waals surface area contributed by atoms with E-state index in [1.54, 1.807) is 13.0 Å². The Morgan fingerprint density at radius 1 is 1.00 bits per heavy atom. The van der Waals surface area contributed by atoms with Crippen LogP contribution in [-0.2, 0) is 14.3 Å². The van der Waals surface area contributed by atoms with E-state index in [0.29, 0.717) is 0 Å². The van der Waals surface area contributed by atoms with Gasteiger partial charge in [0.05, 0.1) is 0 Å². The lowest BCUT2D eigenvalue weighted by Gasteiger charge is -2.16. The molecule has 0 aliphatic heterocycles. The largest absolute Gasteiger partial charge is 0.449 e. The molecule has 0 aliphatic carbocycles. The van der Waals surface area contributed by atoms with Crippen LogP contribution in [0.1, 0.15) is 34.7 Å². The standard InChI is InChI=1S/C22H25NO3/c1-14-7-6-8-19(13-14)9-10-20(24)26-18(5)22(25)23-21-16(3)11-15(2)12-17(21)4/h6-13,18H,1-5H3,(H,23,25)/b10-9+/t18-/m0/s1. The first kappa shape index (κ1) is 19.4. The summed E-state index contributed by atoms with van der Waals surface area (Å²) in [5.41, 5.74) is 5.88. The lowest BCUT2D eigenvalue weighted by atomic mass is 10.0. The molecule has 4 heteroatoms. The van der Waals surface area contributed by atoms with E-state index < -0.39 is 12.1 Å². The number of esters is 1. The van der Waals surface area contributed by atoms with E-state index in [2.05, 4.69) is 5.32 Å². The molecule has 0 fully saturated rings. The Morgan fingerprint density at radius 2 is 1.65 bits per heavy atom. The fourth-order valence-corrected chi connectivity index (χ4v) is 2.81. The highest BCUT2D eigenvalue weighted by molar-refractivity contribution is 5.97. The highest BCUT2D eigenvalue weighted by atomic mass is 16.5. The van der Waals surface area contributed by atoms with Gasteiger partial charge in [0.2, 0.25) is 0 Å². The van der Waals surface area contributed by atoms with Crippen molar-refractivity contribution in [2.75, 3.05) is 5.32 Å². The van der Waals surface area contributed by atoms with Crippen molar-refractivity contribution in [3.63, 3.8) is 0 Å². The third kappa shape index (κ3) is 5.31. The van der Waals surface area contributed by atoms with Gasteiger partial charge in [0, 0.05) is 11.8 Å². The van der Waals surface area contributed by atoms with E-state index in [-0.39, 0.29) is 5.91 Å². The Hall–Kier alpha value is -2.88. The molecular formula is C22H25NO3. The highest BCUT2D eigenvalue weighted by Crippen LogP contribution is 2.22. The van der Waals surface area contributed by atoms with E-state index in [9.17, 15) is 9.59 Å². The van der Waals surface area contributed by atoms with Crippen LogP contribution in [0.15, 0.2) is 42.5 Å². The Bertz CT molecular complexity index is 829. The van der Waals surface area contributed by atoms with Gasteiger partial charge in [-0.25, -0.2) is 4.79 Å². The average Bonchev–Trinajstić information content (AvgIpc) is 2.56. The second-order valence-corrected chi connectivity index (χ2v) is 6.59. The molecule has 4 nitrogen and oxygen atoms in total. The van der Waals surface area contributed by atoms with Crippen LogP contribution in [0, 0.1) is 27.7 Å². The summed E-state index contributed by atoms with van der Waals surface area (Å²) >= 11 is 0. The minimum atomic E-state index is -0.884. The maximum atomic E-state index is 12.3. The van der Waals surface area contributed by atoms with Crippen LogP contribution >= 0.6 is 0 Å². The minimum Gasteiger partial charge on any atom is -0.449 e. The van der Waals surface area contributed by atoms with E-state index >= 15 is 0 Å². The van der Waals surface area contributed by atoms with Crippen molar-refractivity contribution in [1.29, 1.82) is 0 Å². The number of hydrogen-bond donors (Lipinski definition) is 1. The number of hydrogen-bond acceptors (Lipinski definition) is 3. The number of carbonyl (C=O) groups excluding carboxylic acids is 2. The lowest BCUT2D eigenvalue weighted by Crippen LogP contribution is -2.30. The SMILES string of the molecule is Cc1cccc(/C=C/C(=O)O[C@@H](C)C(=O)Nc2c(C)cc(C)cc2C)c1. The molecule has 2 aromatic carbocycles. The molecule has 1 N–H and O–H groups in total. The second-order valence-electron chi connectivity index (χ2n) is 6.59. The Labute approximate surface area is 154 Å². The maximum absolute atomic E-state index is 12.3. The molecule has 0 aromatic heterocycles. The number of anilines is 1. The highest BCUT2D eigenvalue weighted by Gasteiger charge is 2.18. The number of ether oxygens (including phenoxy) is 1. The third-order valence-electron chi connectivity index (χ3n) is 4.04. The van der Waals surface area contributed by atoms with Gasteiger partial charge in [-0.1, -0.05) is 47.5 Å². The van der Waals surface area contributed by atoms with Gasteiger partial charge in [-0.15, -0.1) is 0 Å². The fraction of sp³-hybridized carbons (Fsp3) is 0.273. The fourth-order valence-electron chi connectivity index (χ4n) is 2.81. The molecular weight excluding hydrogens is 326 g/mol. The summed E-state index contributed by atoms with van der Waals surface area (Å²) in [6, 6.07) is 11.8. The summed E-state index contributed by atoms with van der Waals surface area (Å²) in [6.45, 7) is 9.44. The number of amides is 1. The van der Waals surface area contributed by atoms with Crippen LogP contribution in [0.25, 0.3) is 6.08 Å². The zero-order chi connectivity index (χ0) is 19.3. The predicted molar refractivity (Wildman–Crippen MR) is 105 cm³/mol. The molecule has 136 valence electrons. The molecule has 2 aromatic rings. The average molecular weight is 351 g/mol. The van der Waals surface area contributed by atoms with Gasteiger partial charge in [0.25, 0.3) is 5.91 Å². The van der Waals surface area contributed by atoms with Crippen LogP contribution in [0.3, 0.4) is 0 Å². The van der Waals surface area contributed by atoms with E-state index in [1.165, 1.54) is 6.08 Å². The molecule has 1 atom stereocenters. The summed E-state index contributed by atoms with van der Waals surface area (Å²) in [5, 5.41) is 2.85. The first-order chi connectivity index (χ1) is 12.3.